The van der Waals surface area contributed by atoms with E-state index in [1.165, 1.54) is 19.1 Å². The molecule has 0 heterocycles. The fraction of sp³-hybridized carbons (Fsp3) is 0.348. The molecule has 0 spiro atoms. The molecule has 1 atom stereocenters. The third kappa shape index (κ3) is 11.4. The molecular formula is C23H31N3O7S. The maximum atomic E-state index is 12.0. The lowest BCUT2D eigenvalue weighted by atomic mass is 10.1. The Bertz CT molecular complexity index is 1110. The van der Waals surface area contributed by atoms with Gasteiger partial charge in [-0.05, 0) is 64.4 Å². The molecule has 0 radical (unpaired) electrons. The van der Waals surface area contributed by atoms with Gasteiger partial charge >= 0.3 is 12.1 Å². The lowest BCUT2D eigenvalue weighted by Gasteiger charge is -2.21. The van der Waals surface area contributed by atoms with Crippen LogP contribution in [0.25, 0.3) is 0 Å². The predicted molar refractivity (Wildman–Crippen MR) is 128 cm³/mol. The number of nitrogens with one attached hydrogen (secondary N) is 2. The highest BCUT2D eigenvalue weighted by Gasteiger charge is 2.22. The van der Waals surface area contributed by atoms with Crippen LogP contribution >= 0.6 is 0 Å². The fourth-order valence-corrected chi connectivity index (χ4v) is 2.88. The van der Waals surface area contributed by atoms with Crippen molar-refractivity contribution < 1.29 is 32.0 Å². The number of carbonyl (C=O) groups is 2. The van der Waals surface area contributed by atoms with Crippen LogP contribution in [0.1, 0.15) is 38.8 Å². The van der Waals surface area contributed by atoms with Crippen LogP contribution in [0.2, 0.25) is 0 Å². The standard InChI is InChI=1S/C16H23N3O4.C7H8O3S/c1-10(19-15(21)23-16(2,3)4)14(20)22-12-7-5-6-11(8-12)9-13(17)18;1-6-2-4-7(5-3-6)11(8,9)10/h5-8,10H,9H2,1-4H3,(H3,17,18)(H,19,21);2-5H,1H3,(H,8,9,10)/t10-;/m0./s1. The van der Waals surface area contributed by atoms with Gasteiger partial charge in [-0.15, -0.1) is 0 Å². The van der Waals surface area contributed by atoms with Crippen molar-refractivity contribution in [3.63, 3.8) is 0 Å². The minimum atomic E-state index is -4.02. The highest BCUT2D eigenvalue weighted by atomic mass is 32.2. The molecule has 11 heteroatoms. The van der Waals surface area contributed by atoms with Crippen molar-refractivity contribution in [3.8, 4) is 5.75 Å². The quantitative estimate of drug-likeness (QED) is 0.156. The van der Waals surface area contributed by atoms with Gasteiger partial charge in [0.05, 0.1) is 10.7 Å². The maximum absolute atomic E-state index is 12.0. The van der Waals surface area contributed by atoms with Crippen molar-refractivity contribution in [3.05, 3.63) is 59.7 Å². The number of benzene rings is 2. The number of alkyl carbamates (subject to hydrolysis) is 1. The third-order valence-corrected chi connectivity index (χ3v) is 4.78. The Kier molecular flexibility index (Phi) is 10.2. The summed E-state index contributed by atoms with van der Waals surface area (Å²) < 4.78 is 39.8. The first kappa shape index (κ1) is 28.6. The smallest absolute Gasteiger partial charge is 0.408 e. The van der Waals surface area contributed by atoms with Gasteiger partial charge in [0.2, 0.25) is 0 Å². The molecule has 0 fully saturated rings. The Morgan fingerprint density at radius 3 is 2.24 bits per heavy atom. The number of nitrogens with two attached hydrogens (primary N) is 1. The summed E-state index contributed by atoms with van der Waals surface area (Å²) in [6, 6.07) is 11.8. The number of aryl methyl sites for hydroxylation is 1. The first-order valence-electron chi connectivity index (χ1n) is 10.2. The number of esters is 1. The normalized spacial score (nSPS) is 11.9. The van der Waals surface area contributed by atoms with Gasteiger partial charge in [0.25, 0.3) is 10.1 Å². The molecule has 0 unspecified atom stereocenters. The summed E-state index contributed by atoms with van der Waals surface area (Å²) in [5.41, 5.74) is 6.41. The van der Waals surface area contributed by atoms with Gasteiger partial charge in [0.1, 0.15) is 17.4 Å². The van der Waals surface area contributed by atoms with Crippen LogP contribution in [-0.2, 0) is 26.1 Å². The highest BCUT2D eigenvalue weighted by molar-refractivity contribution is 7.85. The van der Waals surface area contributed by atoms with Crippen LogP contribution < -0.4 is 15.8 Å². The third-order valence-electron chi connectivity index (χ3n) is 3.92. The van der Waals surface area contributed by atoms with Crippen LogP contribution in [0.3, 0.4) is 0 Å². The summed E-state index contributed by atoms with van der Waals surface area (Å²) in [6.07, 6.45) is -0.413. The Labute approximate surface area is 199 Å². The van der Waals surface area contributed by atoms with Crippen LogP contribution in [0.5, 0.6) is 5.75 Å². The van der Waals surface area contributed by atoms with Gasteiger partial charge in [0.15, 0.2) is 0 Å². The zero-order valence-corrected chi connectivity index (χ0v) is 20.6. The van der Waals surface area contributed by atoms with Gasteiger partial charge in [-0.1, -0.05) is 29.8 Å². The molecule has 2 aromatic carbocycles. The molecule has 10 nitrogen and oxygen atoms in total. The number of hydrogen-bond donors (Lipinski definition) is 4. The van der Waals surface area contributed by atoms with E-state index in [1.54, 1.807) is 57.2 Å². The zero-order valence-electron chi connectivity index (χ0n) is 19.8. The predicted octanol–water partition coefficient (Wildman–Crippen LogP) is 3.23. The SMILES string of the molecule is C[C@H](NC(=O)OC(C)(C)C)C(=O)Oc1cccc(CC(=N)N)c1.Cc1ccc(S(=O)(=O)O)cc1. The van der Waals surface area contributed by atoms with Crippen molar-refractivity contribution in [1.82, 2.24) is 5.32 Å². The monoisotopic (exact) mass is 493 g/mol. The Hall–Kier alpha value is -3.44. The molecule has 5 N–H and O–H groups in total. The van der Waals surface area contributed by atoms with Gasteiger partial charge in [-0.2, -0.15) is 8.42 Å². The number of amides is 1. The van der Waals surface area contributed by atoms with Crippen molar-refractivity contribution >= 4 is 28.0 Å². The number of hydrogen-bond acceptors (Lipinski definition) is 7. The molecule has 0 aromatic heterocycles. The van der Waals surface area contributed by atoms with E-state index in [2.05, 4.69) is 5.32 Å². The molecule has 0 aliphatic carbocycles. The molecular weight excluding hydrogens is 462 g/mol. The van der Waals surface area contributed by atoms with Crippen LogP contribution in [0, 0.1) is 12.3 Å². The minimum absolute atomic E-state index is 0.0217. The molecule has 186 valence electrons. The highest BCUT2D eigenvalue weighted by Crippen LogP contribution is 2.15. The molecule has 34 heavy (non-hydrogen) atoms. The summed E-state index contributed by atoms with van der Waals surface area (Å²) in [7, 11) is -4.02. The largest absolute Gasteiger partial charge is 0.444 e. The molecule has 2 aromatic rings. The van der Waals surface area contributed by atoms with Gasteiger partial charge in [-0.25, -0.2) is 9.59 Å². The van der Waals surface area contributed by atoms with Crippen molar-refractivity contribution in [2.45, 2.75) is 57.6 Å². The Morgan fingerprint density at radius 1 is 1.15 bits per heavy atom. The summed E-state index contributed by atoms with van der Waals surface area (Å²) in [5.74, 6) is -0.268. The first-order valence-corrected chi connectivity index (χ1v) is 11.7. The second kappa shape index (κ2) is 12.1. The van der Waals surface area contributed by atoms with E-state index in [0.29, 0.717) is 5.75 Å². The Morgan fingerprint density at radius 2 is 1.74 bits per heavy atom. The Balaban J connectivity index is 0.000000437. The lowest BCUT2D eigenvalue weighted by Crippen LogP contribution is -2.43. The number of rotatable bonds is 6. The number of amidine groups is 1. The number of carbonyl (C=O) groups excluding carboxylic acids is 2. The molecule has 1 amide bonds. The van der Waals surface area contributed by atoms with Crippen molar-refractivity contribution in [2.24, 2.45) is 5.73 Å². The number of ether oxygens (including phenoxy) is 2. The molecule has 2 rings (SSSR count). The average molecular weight is 494 g/mol. The minimum Gasteiger partial charge on any atom is -0.444 e. The van der Waals surface area contributed by atoms with E-state index in [0.717, 1.165) is 11.1 Å². The summed E-state index contributed by atoms with van der Waals surface area (Å²) in [5, 5.41) is 9.68. The summed E-state index contributed by atoms with van der Waals surface area (Å²) in [4.78, 5) is 23.5. The molecule has 0 saturated carbocycles. The van der Waals surface area contributed by atoms with E-state index in [9.17, 15) is 18.0 Å². The van der Waals surface area contributed by atoms with E-state index >= 15 is 0 Å². The van der Waals surface area contributed by atoms with E-state index in [4.69, 9.17) is 25.2 Å². The van der Waals surface area contributed by atoms with E-state index < -0.39 is 33.8 Å². The zero-order chi connectivity index (χ0) is 26.1. The summed E-state index contributed by atoms with van der Waals surface area (Å²) >= 11 is 0. The second-order valence-electron chi connectivity index (χ2n) is 8.43. The van der Waals surface area contributed by atoms with Crippen LogP contribution in [-0.4, -0.2) is 42.5 Å². The molecule has 0 aliphatic rings. The molecule has 0 bridgehead atoms. The molecule has 0 saturated heterocycles. The van der Waals surface area contributed by atoms with Crippen molar-refractivity contribution in [2.75, 3.05) is 0 Å². The van der Waals surface area contributed by atoms with Gasteiger partial charge in [-0.3, -0.25) is 9.96 Å². The summed E-state index contributed by atoms with van der Waals surface area (Å²) in [6.45, 7) is 8.54. The van der Waals surface area contributed by atoms with E-state index in [-0.39, 0.29) is 17.2 Å². The first-order chi connectivity index (χ1) is 15.6. The average Bonchev–Trinajstić information content (AvgIpc) is 2.66. The van der Waals surface area contributed by atoms with Gasteiger partial charge < -0.3 is 20.5 Å². The van der Waals surface area contributed by atoms with Gasteiger partial charge in [0, 0.05) is 6.42 Å². The maximum Gasteiger partial charge on any atom is 0.408 e. The van der Waals surface area contributed by atoms with Crippen LogP contribution in [0.4, 0.5) is 4.79 Å². The molecule has 0 aliphatic heterocycles. The fourth-order valence-electron chi connectivity index (χ4n) is 2.40. The van der Waals surface area contributed by atoms with E-state index in [1.807, 2.05) is 6.92 Å². The second-order valence-corrected chi connectivity index (χ2v) is 9.85. The lowest BCUT2D eigenvalue weighted by molar-refractivity contribution is -0.136. The topological polar surface area (TPSA) is 169 Å². The van der Waals surface area contributed by atoms with Crippen LogP contribution in [0.15, 0.2) is 53.4 Å². The van der Waals surface area contributed by atoms with Crippen molar-refractivity contribution in [1.29, 1.82) is 5.41 Å².